The predicted molar refractivity (Wildman–Crippen MR) is 92.2 cm³/mol. The van der Waals surface area contributed by atoms with Gasteiger partial charge >= 0.3 is 0 Å². The molecule has 7 nitrogen and oxygen atoms in total. The van der Waals surface area contributed by atoms with E-state index >= 15 is 0 Å². The van der Waals surface area contributed by atoms with E-state index in [9.17, 15) is 0 Å². The van der Waals surface area contributed by atoms with Crippen molar-refractivity contribution < 1.29 is 4.74 Å². The van der Waals surface area contributed by atoms with Crippen LogP contribution in [0.15, 0.2) is 49.3 Å². The zero-order chi connectivity index (χ0) is 16.9. The van der Waals surface area contributed by atoms with Crippen LogP contribution in [0.25, 0.3) is 0 Å². The van der Waals surface area contributed by atoms with Gasteiger partial charge in [-0.25, -0.2) is 9.97 Å². The second kappa shape index (κ2) is 7.40. The van der Waals surface area contributed by atoms with E-state index < -0.39 is 0 Å². The molecule has 3 aromatic rings. The normalized spacial score (nSPS) is 18.2. The number of hydrogen-bond acceptors (Lipinski definition) is 6. The number of pyridine rings is 1. The number of aromatic nitrogens is 5. The molecule has 1 N–H and O–H groups in total. The van der Waals surface area contributed by atoms with Gasteiger partial charge in [0.2, 0.25) is 5.88 Å². The molecule has 1 aliphatic rings. The lowest BCUT2D eigenvalue weighted by atomic mass is 9.95. The minimum Gasteiger partial charge on any atom is -0.436 e. The second-order valence-corrected chi connectivity index (χ2v) is 6.18. The summed E-state index contributed by atoms with van der Waals surface area (Å²) in [4.78, 5) is 22.9. The van der Waals surface area contributed by atoms with E-state index in [1.54, 1.807) is 24.8 Å². The Morgan fingerprint density at radius 2 is 2.20 bits per heavy atom. The van der Waals surface area contributed by atoms with E-state index in [1.807, 2.05) is 24.5 Å². The fraction of sp³-hybridized carbons (Fsp3) is 0.333. The molecule has 1 aliphatic heterocycles. The van der Waals surface area contributed by atoms with Crippen LogP contribution < -0.4 is 4.74 Å². The van der Waals surface area contributed by atoms with Crippen LogP contribution in [0.1, 0.15) is 30.3 Å². The van der Waals surface area contributed by atoms with E-state index in [-0.39, 0.29) is 0 Å². The predicted octanol–water partition coefficient (Wildman–Crippen LogP) is 2.77. The SMILES string of the molecule is c1cncc(Oc2cncc(C3CCCN(Cc4ncc[nH]4)C3)n2)c1. The zero-order valence-corrected chi connectivity index (χ0v) is 13.9. The first-order valence-electron chi connectivity index (χ1n) is 8.47. The molecular formula is C18H20N6O. The van der Waals surface area contributed by atoms with Gasteiger partial charge in [0.1, 0.15) is 11.6 Å². The molecule has 3 aromatic heterocycles. The Hall–Kier alpha value is -2.80. The fourth-order valence-electron chi connectivity index (χ4n) is 3.17. The van der Waals surface area contributed by atoms with Crippen LogP contribution in [0, 0.1) is 0 Å². The first-order chi connectivity index (χ1) is 12.4. The second-order valence-electron chi connectivity index (χ2n) is 6.18. The summed E-state index contributed by atoms with van der Waals surface area (Å²) in [6, 6.07) is 3.69. The Morgan fingerprint density at radius 1 is 1.20 bits per heavy atom. The van der Waals surface area contributed by atoms with Crippen molar-refractivity contribution in [1.29, 1.82) is 0 Å². The van der Waals surface area contributed by atoms with E-state index in [4.69, 9.17) is 4.74 Å². The molecule has 0 spiro atoms. The van der Waals surface area contributed by atoms with Gasteiger partial charge in [-0.05, 0) is 31.5 Å². The van der Waals surface area contributed by atoms with E-state index in [0.717, 1.165) is 44.0 Å². The minimum atomic E-state index is 0.355. The van der Waals surface area contributed by atoms with Gasteiger partial charge in [0, 0.05) is 37.3 Å². The number of ether oxygens (including phenoxy) is 1. The Bertz CT molecular complexity index is 792. The van der Waals surface area contributed by atoms with Gasteiger partial charge in [0.25, 0.3) is 0 Å². The monoisotopic (exact) mass is 336 g/mol. The zero-order valence-electron chi connectivity index (χ0n) is 13.9. The van der Waals surface area contributed by atoms with Crippen molar-refractivity contribution in [2.24, 2.45) is 0 Å². The van der Waals surface area contributed by atoms with Crippen molar-refractivity contribution in [1.82, 2.24) is 29.8 Å². The third-order valence-electron chi connectivity index (χ3n) is 4.34. The van der Waals surface area contributed by atoms with Crippen LogP contribution in [0.2, 0.25) is 0 Å². The van der Waals surface area contributed by atoms with Crippen molar-refractivity contribution >= 4 is 0 Å². The Balaban J connectivity index is 1.44. The average Bonchev–Trinajstić information content (AvgIpc) is 3.16. The summed E-state index contributed by atoms with van der Waals surface area (Å²) in [5, 5.41) is 0. The van der Waals surface area contributed by atoms with Gasteiger partial charge < -0.3 is 9.72 Å². The smallest absolute Gasteiger partial charge is 0.238 e. The van der Waals surface area contributed by atoms with Crippen LogP contribution in [0.3, 0.4) is 0 Å². The molecule has 1 saturated heterocycles. The highest BCUT2D eigenvalue weighted by Crippen LogP contribution is 2.27. The quantitative estimate of drug-likeness (QED) is 0.772. The van der Waals surface area contributed by atoms with Crippen LogP contribution in [-0.4, -0.2) is 42.9 Å². The molecule has 7 heteroatoms. The van der Waals surface area contributed by atoms with E-state index in [1.165, 1.54) is 0 Å². The van der Waals surface area contributed by atoms with Gasteiger partial charge in [-0.3, -0.25) is 14.9 Å². The molecule has 0 bridgehead atoms. The molecular weight excluding hydrogens is 316 g/mol. The lowest BCUT2D eigenvalue weighted by Crippen LogP contribution is -2.34. The summed E-state index contributed by atoms with van der Waals surface area (Å²) in [6.07, 6.45) is 12.8. The molecule has 25 heavy (non-hydrogen) atoms. The summed E-state index contributed by atoms with van der Waals surface area (Å²) in [7, 11) is 0. The van der Waals surface area contributed by atoms with Gasteiger partial charge in [-0.15, -0.1) is 0 Å². The third-order valence-corrected chi connectivity index (χ3v) is 4.34. The number of H-pyrrole nitrogens is 1. The molecule has 1 atom stereocenters. The molecule has 1 fully saturated rings. The summed E-state index contributed by atoms with van der Waals surface area (Å²) in [5.74, 6) is 2.53. The number of aromatic amines is 1. The van der Waals surface area contributed by atoms with Crippen molar-refractivity contribution in [3.63, 3.8) is 0 Å². The molecule has 0 radical (unpaired) electrons. The Morgan fingerprint density at radius 3 is 3.04 bits per heavy atom. The van der Waals surface area contributed by atoms with Crippen LogP contribution >= 0.6 is 0 Å². The van der Waals surface area contributed by atoms with Crippen molar-refractivity contribution in [3.05, 3.63) is 60.8 Å². The van der Waals surface area contributed by atoms with Crippen LogP contribution in [0.5, 0.6) is 11.6 Å². The van der Waals surface area contributed by atoms with Crippen molar-refractivity contribution in [3.8, 4) is 11.6 Å². The average molecular weight is 336 g/mol. The van der Waals surface area contributed by atoms with Crippen molar-refractivity contribution in [2.45, 2.75) is 25.3 Å². The number of likely N-dealkylation sites (tertiary alicyclic amines) is 1. The molecule has 0 amide bonds. The first kappa shape index (κ1) is 15.7. The molecule has 0 aromatic carbocycles. The standard InChI is InChI=1S/C18H20N6O/c1-4-15(9-19-5-1)25-18-11-20-10-16(23-18)14-3-2-8-24(12-14)13-17-21-6-7-22-17/h1,4-7,9-11,14H,2-3,8,12-13H2,(H,21,22). The number of imidazole rings is 1. The van der Waals surface area contributed by atoms with Crippen LogP contribution in [-0.2, 0) is 6.54 Å². The molecule has 0 aliphatic carbocycles. The third kappa shape index (κ3) is 4.00. The molecule has 0 saturated carbocycles. The van der Waals surface area contributed by atoms with Gasteiger partial charge in [-0.2, -0.15) is 0 Å². The Labute approximate surface area is 146 Å². The number of hydrogen-bond donors (Lipinski definition) is 1. The summed E-state index contributed by atoms with van der Waals surface area (Å²) in [6.45, 7) is 2.87. The van der Waals surface area contributed by atoms with E-state index in [0.29, 0.717) is 17.5 Å². The largest absolute Gasteiger partial charge is 0.436 e. The van der Waals surface area contributed by atoms with Crippen LogP contribution in [0.4, 0.5) is 0 Å². The summed E-state index contributed by atoms with van der Waals surface area (Å²) >= 11 is 0. The fourth-order valence-corrected chi connectivity index (χ4v) is 3.17. The lowest BCUT2D eigenvalue weighted by Gasteiger charge is -2.31. The van der Waals surface area contributed by atoms with Gasteiger partial charge in [-0.1, -0.05) is 0 Å². The van der Waals surface area contributed by atoms with Gasteiger partial charge in [0.05, 0.1) is 24.6 Å². The summed E-state index contributed by atoms with van der Waals surface area (Å²) in [5.41, 5.74) is 0.977. The molecule has 128 valence electrons. The maximum Gasteiger partial charge on any atom is 0.238 e. The first-order valence-corrected chi connectivity index (χ1v) is 8.47. The highest BCUT2D eigenvalue weighted by Gasteiger charge is 2.23. The maximum atomic E-state index is 5.76. The number of nitrogens with zero attached hydrogens (tertiary/aromatic N) is 5. The topological polar surface area (TPSA) is 79.8 Å². The molecule has 1 unspecified atom stereocenters. The Kier molecular flexibility index (Phi) is 4.65. The summed E-state index contributed by atoms with van der Waals surface area (Å²) < 4.78 is 5.76. The van der Waals surface area contributed by atoms with Gasteiger partial charge in [0.15, 0.2) is 0 Å². The highest BCUT2D eigenvalue weighted by atomic mass is 16.5. The lowest BCUT2D eigenvalue weighted by molar-refractivity contribution is 0.194. The van der Waals surface area contributed by atoms with Crippen molar-refractivity contribution in [2.75, 3.05) is 13.1 Å². The van der Waals surface area contributed by atoms with E-state index in [2.05, 4.69) is 29.8 Å². The number of nitrogens with one attached hydrogen (secondary N) is 1. The molecule has 4 rings (SSSR count). The molecule has 4 heterocycles. The number of piperidine rings is 1. The number of rotatable bonds is 5. The maximum absolute atomic E-state index is 5.76. The highest BCUT2D eigenvalue weighted by molar-refractivity contribution is 5.23. The minimum absolute atomic E-state index is 0.355.